The molecule has 1 saturated carbocycles. The summed E-state index contributed by atoms with van der Waals surface area (Å²) in [6.45, 7) is 1.98. The first kappa shape index (κ1) is 11.9. The summed E-state index contributed by atoms with van der Waals surface area (Å²) in [6.07, 6.45) is 7.03. The second-order valence-corrected chi connectivity index (χ2v) is 5.61. The largest absolute Gasteiger partial charge is 0.312 e. The number of hydrogen-bond donors (Lipinski definition) is 1. The van der Waals surface area contributed by atoms with E-state index in [9.17, 15) is 4.79 Å². The van der Waals surface area contributed by atoms with Gasteiger partial charge in [0.2, 0.25) is 0 Å². The summed E-state index contributed by atoms with van der Waals surface area (Å²) >= 11 is 0. The van der Waals surface area contributed by atoms with Crippen LogP contribution in [-0.2, 0) is 13.0 Å². The molecule has 0 unspecified atom stereocenters. The molecule has 1 heterocycles. The number of carbonyl (C=O) groups excluding carboxylic acids is 1. The fraction of sp³-hybridized carbons (Fsp3) is 0.562. The molecule has 0 spiro atoms. The number of hydrogen-bond acceptors (Lipinski definition) is 2. The maximum Gasteiger partial charge on any atom is 0.165 e. The Morgan fingerprint density at radius 3 is 2.78 bits per heavy atom. The van der Waals surface area contributed by atoms with E-state index in [2.05, 4.69) is 17.4 Å². The molecule has 96 valence electrons. The summed E-state index contributed by atoms with van der Waals surface area (Å²) in [6, 6.07) is 6.33. The van der Waals surface area contributed by atoms with E-state index in [4.69, 9.17) is 0 Å². The van der Waals surface area contributed by atoms with Gasteiger partial charge in [-0.15, -0.1) is 0 Å². The van der Waals surface area contributed by atoms with Gasteiger partial charge >= 0.3 is 0 Å². The van der Waals surface area contributed by atoms with Crippen LogP contribution in [0.4, 0.5) is 0 Å². The van der Waals surface area contributed by atoms with Crippen LogP contribution in [0, 0.1) is 5.92 Å². The molecule has 1 aliphatic carbocycles. The number of rotatable bonds is 2. The van der Waals surface area contributed by atoms with Crippen LogP contribution in [0.2, 0.25) is 0 Å². The Morgan fingerprint density at radius 1 is 1.11 bits per heavy atom. The molecule has 2 nitrogen and oxygen atoms in total. The van der Waals surface area contributed by atoms with Crippen LogP contribution < -0.4 is 5.32 Å². The molecule has 0 radical (unpaired) electrons. The quantitative estimate of drug-likeness (QED) is 0.809. The number of nitrogens with one attached hydrogen (secondary N) is 1. The third-order valence-electron chi connectivity index (χ3n) is 4.35. The molecule has 18 heavy (non-hydrogen) atoms. The van der Waals surface area contributed by atoms with Crippen molar-refractivity contribution in [3.05, 3.63) is 34.9 Å². The maximum absolute atomic E-state index is 12.5. The molecule has 0 saturated heterocycles. The van der Waals surface area contributed by atoms with Crippen molar-refractivity contribution in [3.8, 4) is 0 Å². The lowest BCUT2D eigenvalue weighted by atomic mass is 9.83. The number of fused-ring (bicyclic) bond motifs is 1. The summed E-state index contributed by atoms with van der Waals surface area (Å²) in [7, 11) is 0. The smallest absolute Gasteiger partial charge is 0.165 e. The molecule has 1 aliphatic heterocycles. The first-order chi connectivity index (χ1) is 8.84. The van der Waals surface area contributed by atoms with E-state index >= 15 is 0 Å². The standard InChI is InChI=1S/C16H21NO/c18-16(13-4-2-1-3-5-13)14-7-6-12-8-9-17-11-15(12)10-14/h6-7,10,13,17H,1-5,8-9,11H2. The van der Waals surface area contributed by atoms with Gasteiger partial charge in [0.15, 0.2) is 5.78 Å². The van der Waals surface area contributed by atoms with Crippen molar-refractivity contribution in [2.75, 3.05) is 6.54 Å². The van der Waals surface area contributed by atoms with Gasteiger partial charge in [-0.1, -0.05) is 31.4 Å². The monoisotopic (exact) mass is 243 g/mol. The molecule has 2 aliphatic rings. The second kappa shape index (κ2) is 5.23. The molecule has 0 aromatic heterocycles. The third kappa shape index (κ3) is 2.35. The average molecular weight is 243 g/mol. The zero-order valence-electron chi connectivity index (χ0n) is 10.9. The third-order valence-corrected chi connectivity index (χ3v) is 4.35. The van der Waals surface area contributed by atoms with Gasteiger partial charge in [0, 0.05) is 18.0 Å². The lowest BCUT2D eigenvalue weighted by molar-refractivity contribution is 0.0889. The van der Waals surface area contributed by atoms with Crippen LogP contribution in [0.1, 0.15) is 53.6 Å². The summed E-state index contributed by atoms with van der Waals surface area (Å²) in [5.74, 6) is 0.663. The normalized spacial score (nSPS) is 20.4. The topological polar surface area (TPSA) is 29.1 Å². The number of Topliss-reactive ketones (excluding diaryl/α,β-unsaturated/α-hetero) is 1. The number of ketones is 1. The average Bonchev–Trinajstić information content (AvgIpc) is 2.47. The molecule has 1 N–H and O–H groups in total. The highest BCUT2D eigenvalue weighted by molar-refractivity contribution is 5.98. The molecular weight excluding hydrogens is 222 g/mol. The minimum absolute atomic E-state index is 0.286. The van der Waals surface area contributed by atoms with Gasteiger partial charge in [-0.05, 0) is 43.0 Å². The molecule has 0 bridgehead atoms. The van der Waals surface area contributed by atoms with E-state index in [0.717, 1.165) is 37.9 Å². The van der Waals surface area contributed by atoms with Gasteiger partial charge in [-0.3, -0.25) is 4.79 Å². The van der Waals surface area contributed by atoms with Crippen LogP contribution in [0.3, 0.4) is 0 Å². The Kier molecular flexibility index (Phi) is 3.46. The van der Waals surface area contributed by atoms with Crippen LogP contribution in [0.15, 0.2) is 18.2 Å². The summed E-state index contributed by atoms with van der Waals surface area (Å²) in [5, 5.41) is 3.38. The summed E-state index contributed by atoms with van der Waals surface area (Å²) in [5.41, 5.74) is 3.67. The number of carbonyl (C=O) groups is 1. The van der Waals surface area contributed by atoms with Crippen LogP contribution in [-0.4, -0.2) is 12.3 Å². The molecule has 1 aromatic rings. The van der Waals surface area contributed by atoms with Crippen molar-refractivity contribution >= 4 is 5.78 Å². The Labute approximate surface area is 109 Å². The molecule has 3 rings (SSSR count). The predicted molar refractivity (Wildman–Crippen MR) is 72.8 cm³/mol. The van der Waals surface area contributed by atoms with E-state index in [1.165, 1.54) is 30.4 Å². The van der Waals surface area contributed by atoms with Crippen molar-refractivity contribution < 1.29 is 4.79 Å². The van der Waals surface area contributed by atoms with Crippen molar-refractivity contribution in [2.45, 2.75) is 45.1 Å². The van der Waals surface area contributed by atoms with Gasteiger partial charge in [0.05, 0.1) is 0 Å². The van der Waals surface area contributed by atoms with Crippen molar-refractivity contribution in [1.29, 1.82) is 0 Å². The molecular formula is C16H21NO. The van der Waals surface area contributed by atoms with Gasteiger partial charge in [-0.2, -0.15) is 0 Å². The minimum atomic E-state index is 0.286. The highest BCUT2D eigenvalue weighted by Crippen LogP contribution is 2.27. The fourth-order valence-corrected chi connectivity index (χ4v) is 3.23. The molecule has 0 amide bonds. The Bertz CT molecular complexity index is 446. The molecule has 2 heteroatoms. The lowest BCUT2D eigenvalue weighted by Gasteiger charge is -2.22. The molecule has 1 fully saturated rings. The van der Waals surface area contributed by atoms with Crippen molar-refractivity contribution in [1.82, 2.24) is 5.32 Å². The van der Waals surface area contributed by atoms with Gasteiger partial charge in [0.1, 0.15) is 0 Å². The van der Waals surface area contributed by atoms with Crippen LogP contribution >= 0.6 is 0 Å². The van der Waals surface area contributed by atoms with Gasteiger partial charge < -0.3 is 5.32 Å². The van der Waals surface area contributed by atoms with Gasteiger partial charge in [-0.25, -0.2) is 0 Å². The Hall–Kier alpha value is -1.15. The highest BCUT2D eigenvalue weighted by atomic mass is 16.1. The highest BCUT2D eigenvalue weighted by Gasteiger charge is 2.23. The SMILES string of the molecule is O=C(c1ccc2c(c1)CNCC2)C1CCCCC1. The van der Waals surface area contributed by atoms with Gasteiger partial charge in [0.25, 0.3) is 0 Å². The van der Waals surface area contributed by atoms with E-state index in [0.29, 0.717) is 5.78 Å². The lowest BCUT2D eigenvalue weighted by Crippen LogP contribution is -2.24. The predicted octanol–water partition coefficient (Wildman–Crippen LogP) is 3.10. The van der Waals surface area contributed by atoms with E-state index in [1.807, 2.05) is 6.07 Å². The summed E-state index contributed by atoms with van der Waals surface area (Å²) in [4.78, 5) is 12.5. The van der Waals surface area contributed by atoms with Crippen molar-refractivity contribution in [3.63, 3.8) is 0 Å². The Balaban J connectivity index is 1.80. The van der Waals surface area contributed by atoms with Crippen molar-refractivity contribution in [2.24, 2.45) is 5.92 Å². The van der Waals surface area contributed by atoms with E-state index in [1.54, 1.807) is 0 Å². The second-order valence-electron chi connectivity index (χ2n) is 5.61. The molecule has 0 atom stereocenters. The molecule has 1 aromatic carbocycles. The zero-order valence-corrected chi connectivity index (χ0v) is 10.9. The fourth-order valence-electron chi connectivity index (χ4n) is 3.23. The summed E-state index contributed by atoms with van der Waals surface area (Å²) < 4.78 is 0. The first-order valence-corrected chi connectivity index (χ1v) is 7.21. The maximum atomic E-state index is 12.5. The van der Waals surface area contributed by atoms with E-state index in [-0.39, 0.29) is 5.92 Å². The minimum Gasteiger partial charge on any atom is -0.312 e. The van der Waals surface area contributed by atoms with Crippen LogP contribution in [0.5, 0.6) is 0 Å². The number of benzene rings is 1. The first-order valence-electron chi connectivity index (χ1n) is 7.21. The Morgan fingerprint density at radius 2 is 1.94 bits per heavy atom. The van der Waals surface area contributed by atoms with E-state index < -0.39 is 0 Å². The van der Waals surface area contributed by atoms with Crippen LogP contribution in [0.25, 0.3) is 0 Å². The zero-order chi connectivity index (χ0) is 12.4.